The van der Waals surface area contributed by atoms with Gasteiger partial charge >= 0.3 is 0 Å². The monoisotopic (exact) mass is 342 g/mol. The minimum absolute atomic E-state index is 0.00881. The van der Waals surface area contributed by atoms with Crippen LogP contribution >= 0.6 is 0 Å². The Labute approximate surface area is 149 Å². The maximum absolute atomic E-state index is 12.7. The van der Waals surface area contributed by atoms with E-state index in [-0.39, 0.29) is 11.9 Å². The molecule has 2 fully saturated rings. The molecule has 134 valence electrons. The van der Waals surface area contributed by atoms with Gasteiger partial charge in [-0.1, -0.05) is 19.3 Å². The van der Waals surface area contributed by atoms with E-state index < -0.39 is 0 Å². The predicted molar refractivity (Wildman–Crippen MR) is 94.2 cm³/mol. The van der Waals surface area contributed by atoms with Gasteiger partial charge in [0.2, 0.25) is 5.88 Å². The number of aromatic nitrogens is 1. The molecule has 1 saturated heterocycles. The second-order valence-electron chi connectivity index (χ2n) is 6.86. The molecule has 2 aliphatic rings. The Morgan fingerprint density at radius 3 is 2.64 bits per heavy atom. The molecule has 6 nitrogen and oxygen atoms in total. The van der Waals surface area contributed by atoms with Crippen LogP contribution in [0.2, 0.25) is 0 Å². The van der Waals surface area contributed by atoms with Crippen molar-refractivity contribution in [2.24, 2.45) is 5.92 Å². The summed E-state index contributed by atoms with van der Waals surface area (Å²) in [6, 6.07) is 6.02. The Kier molecular flexibility index (Phi) is 5.87. The predicted octanol–water partition coefficient (Wildman–Crippen LogP) is 2.32. The Hall–Kier alpha value is -2.13. The number of rotatable bonds is 4. The van der Waals surface area contributed by atoms with E-state index in [4.69, 9.17) is 4.74 Å². The van der Waals surface area contributed by atoms with Crippen molar-refractivity contribution in [1.29, 1.82) is 5.26 Å². The highest BCUT2D eigenvalue weighted by atomic mass is 16.5. The van der Waals surface area contributed by atoms with Gasteiger partial charge in [-0.25, -0.2) is 4.98 Å². The first kappa shape index (κ1) is 17.7. The fourth-order valence-electron chi connectivity index (χ4n) is 4.02. The highest BCUT2D eigenvalue weighted by molar-refractivity contribution is 5.96. The number of methoxy groups -OCH3 is 1. The summed E-state index contributed by atoms with van der Waals surface area (Å²) in [5.74, 6) is 0.808. The molecule has 3 rings (SSSR count). The number of amides is 1. The maximum atomic E-state index is 12.7. The average Bonchev–Trinajstić information content (AvgIpc) is 2.69. The summed E-state index contributed by atoms with van der Waals surface area (Å²) in [6.45, 7) is 2.79. The van der Waals surface area contributed by atoms with Crippen LogP contribution in [0.4, 0.5) is 0 Å². The summed E-state index contributed by atoms with van der Waals surface area (Å²) in [6.07, 6.45) is 7.71. The van der Waals surface area contributed by atoms with Crippen LogP contribution in [0.5, 0.6) is 5.88 Å². The van der Waals surface area contributed by atoms with Gasteiger partial charge in [-0.05, 0) is 30.9 Å². The highest BCUT2D eigenvalue weighted by Gasteiger charge is 2.32. The molecule has 1 aromatic rings. The summed E-state index contributed by atoms with van der Waals surface area (Å²) in [4.78, 5) is 21.0. The van der Waals surface area contributed by atoms with Crippen molar-refractivity contribution in [2.45, 2.75) is 38.1 Å². The third-order valence-corrected chi connectivity index (χ3v) is 5.42. The topological polar surface area (TPSA) is 69.5 Å². The minimum atomic E-state index is -0.0456. The first-order valence-corrected chi connectivity index (χ1v) is 9.16. The van der Waals surface area contributed by atoms with Gasteiger partial charge < -0.3 is 9.64 Å². The average molecular weight is 342 g/mol. The van der Waals surface area contributed by atoms with E-state index >= 15 is 0 Å². The van der Waals surface area contributed by atoms with Crippen LogP contribution in [0, 0.1) is 17.2 Å². The summed E-state index contributed by atoms with van der Waals surface area (Å²) in [5, 5.41) is 9.65. The second-order valence-corrected chi connectivity index (χ2v) is 6.86. The zero-order valence-electron chi connectivity index (χ0n) is 14.9. The van der Waals surface area contributed by atoms with Gasteiger partial charge in [-0.15, -0.1) is 0 Å². The summed E-state index contributed by atoms with van der Waals surface area (Å²) < 4.78 is 5.20. The molecule has 0 N–H and O–H groups in total. The van der Waals surface area contributed by atoms with Crippen molar-refractivity contribution < 1.29 is 9.53 Å². The van der Waals surface area contributed by atoms with Crippen molar-refractivity contribution in [3.63, 3.8) is 0 Å². The molecule has 1 atom stereocenters. The summed E-state index contributed by atoms with van der Waals surface area (Å²) >= 11 is 0. The molecule has 1 aliphatic carbocycles. The first-order chi connectivity index (χ1) is 12.2. The van der Waals surface area contributed by atoms with E-state index in [1.165, 1.54) is 26.4 Å². The second kappa shape index (κ2) is 8.30. The van der Waals surface area contributed by atoms with Crippen molar-refractivity contribution in [2.75, 3.05) is 33.3 Å². The lowest BCUT2D eigenvalue weighted by Gasteiger charge is -2.40. The number of pyridine rings is 1. The number of nitrogens with zero attached hydrogens (tertiary/aromatic N) is 4. The molecule has 0 spiro atoms. The van der Waals surface area contributed by atoms with E-state index in [1.807, 2.05) is 4.90 Å². The molecule has 1 amide bonds. The number of carbonyl (C=O) groups is 1. The largest absolute Gasteiger partial charge is 0.480 e. The van der Waals surface area contributed by atoms with Crippen LogP contribution in [0.15, 0.2) is 18.3 Å². The fraction of sp³-hybridized carbons (Fsp3) is 0.632. The lowest BCUT2D eigenvalue weighted by atomic mass is 9.83. The third kappa shape index (κ3) is 3.93. The Morgan fingerprint density at radius 2 is 2.00 bits per heavy atom. The first-order valence-electron chi connectivity index (χ1n) is 9.16. The molecule has 25 heavy (non-hydrogen) atoms. The number of carbonyl (C=O) groups excluding carboxylic acids is 1. The van der Waals surface area contributed by atoms with Gasteiger partial charge in [0.15, 0.2) is 0 Å². The molecule has 1 aromatic heterocycles. The maximum Gasteiger partial charge on any atom is 0.259 e. The number of hydrogen-bond donors (Lipinski definition) is 0. The molecule has 6 heteroatoms. The highest BCUT2D eigenvalue weighted by Crippen LogP contribution is 2.29. The quantitative estimate of drug-likeness (QED) is 0.840. The number of ether oxygens (including phenoxy) is 1. The van der Waals surface area contributed by atoms with Crippen molar-refractivity contribution in [1.82, 2.24) is 14.8 Å². The van der Waals surface area contributed by atoms with Crippen molar-refractivity contribution in [3.8, 4) is 11.9 Å². The summed E-state index contributed by atoms with van der Waals surface area (Å²) in [5.41, 5.74) is 0.502. The normalized spacial score (nSPS) is 20.7. The van der Waals surface area contributed by atoms with E-state index in [9.17, 15) is 10.1 Å². The van der Waals surface area contributed by atoms with Crippen LogP contribution in [-0.2, 0) is 0 Å². The zero-order chi connectivity index (χ0) is 17.6. The molecule has 0 bridgehead atoms. The molecule has 0 unspecified atom stereocenters. The molecule has 2 heterocycles. The summed E-state index contributed by atoms with van der Waals surface area (Å²) in [7, 11) is 1.53. The van der Waals surface area contributed by atoms with Crippen molar-refractivity contribution in [3.05, 3.63) is 23.9 Å². The molecule has 1 aliphatic heterocycles. The molecule has 0 radical (unpaired) electrons. The Balaban J connectivity index is 1.61. The lowest BCUT2D eigenvalue weighted by molar-refractivity contribution is 0.0535. The minimum Gasteiger partial charge on any atom is -0.480 e. The van der Waals surface area contributed by atoms with Gasteiger partial charge in [0, 0.05) is 32.4 Å². The third-order valence-electron chi connectivity index (χ3n) is 5.42. The smallest absolute Gasteiger partial charge is 0.259 e. The Bertz CT molecular complexity index is 629. The van der Waals surface area contributed by atoms with Crippen LogP contribution in [0.3, 0.4) is 0 Å². The van der Waals surface area contributed by atoms with E-state index in [2.05, 4.69) is 16.0 Å². The van der Waals surface area contributed by atoms with E-state index in [0.717, 1.165) is 25.9 Å². The fourth-order valence-corrected chi connectivity index (χ4v) is 4.02. The van der Waals surface area contributed by atoms with Gasteiger partial charge in [-0.2, -0.15) is 5.26 Å². The van der Waals surface area contributed by atoms with Gasteiger partial charge in [-0.3, -0.25) is 9.69 Å². The van der Waals surface area contributed by atoms with Crippen LogP contribution in [0.25, 0.3) is 0 Å². The van der Waals surface area contributed by atoms with Crippen molar-refractivity contribution >= 4 is 5.91 Å². The number of hydrogen-bond acceptors (Lipinski definition) is 5. The zero-order valence-corrected chi connectivity index (χ0v) is 14.9. The standard InChI is InChI=1S/C19H26N4O2/c1-25-18-16(8-5-9-21-18)19(24)23-12-10-22(11-13-23)17(14-20)15-6-3-2-4-7-15/h5,8-9,15,17H,2-4,6-7,10-13H2,1H3/t17-/m1/s1. The molecular weight excluding hydrogens is 316 g/mol. The molecule has 0 aromatic carbocycles. The van der Waals surface area contributed by atoms with E-state index in [0.29, 0.717) is 30.5 Å². The molecular formula is C19H26N4O2. The van der Waals surface area contributed by atoms with E-state index in [1.54, 1.807) is 18.3 Å². The van der Waals surface area contributed by atoms with Crippen LogP contribution in [0.1, 0.15) is 42.5 Å². The SMILES string of the molecule is COc1ncccc1C(=O)N1CCN([C@H](C#N)C2CCCCC2)CC1. The van der Waals surface area contributed by atoms with Gasteiger partial charge in [0.1, 0.15) is 11.6 Å². The van der Waals surface area contributed by atoms with Crippen LogP contribution < -0.4 is 4.74 Å². The number of piperazine rings is 1. The van der Waals surface area contributed by atoms with Crippen LogP contribution in [-0.4, -0.2) is 60.0 Å². The number of nitriles is 1. The molecule has 1 saturated carbocycles. The van der Waals surface area contributed by atoms with Gasteiger partial charge in [0.25, 0.3) is 5.91 Å². The lowest BCUT2D eigenvalue weighted by Crippen LogP contribution is -2.53. The van der Waals surface area contributed by atoms with Gasteiger partial charge in [0.05, 0.1) is 13.2 Å². The Morgan fingerprint density at radius 1 is 1.28 bits per heavy atom.